The van der Waals surface area contributed by atoms with Crippen molar-refractivity contribution < 1.29 is 4.68 Å². The Labute approximate surface area is 196 Å². The van der Waals surface area contributed by atoms with E-state index in [9.17, 15) is 0 Å². The van der Waals surface area contributed by atoms with Crippen molar-refractivity contribution in [2.24, 2.45) is 0 Å². The van der Waals surface area contributed by atoms with Crippen LogP contribution in [0, 0.1) is 0 Å². The molecule has 3 aromatic carbocycles. The molecular formula is C30H30N3+. The predicted molar refractivity (Wildman–Crippen MR) is 135 cm³/mol. The second kappa shape index (κ2) is 6.95. The van der Waals surface area contributed by atoms with Crippen molar-refractivity contribution in [1.29, 1.82) is 0 Å². The van der Waals surface area contributed by atoms with Crippen molar-refractivity contribution in [3.05, 3.63) is 113 Å². The quantitative estimate of drug-likeness (QED) is 0.273. The fourth-order valence-corrected chi connectivity index (χ4v) is 6.18. The average Bonchev–Trinajstić information content (AvgIpc) is 3.11. The highest BCUT2D eigenvalue weighted by Crippen LogP contribution is 2.61. The maximum Gasteiger partial charge on any atom is 0.310 e. The highest BCUT2D eigenvalue weighted by atomic mass is 15.4. The van der Waals surface area contributed by atoms with Crippen LogP contribution in [0.3, 0.4) is 0 Å². The zero-order chi connectivity index (χ0) is 22.9. The summed E-state index contributed by atoms with van der Waals surface area (Å²) in [7, 11) is 0. The van der Waals surface area contributed by atoms with Crippen molar-refractivity contribution in [2.45, 2.75) is 45.1 Å². The first-order valence-electron chi connectivity index (χ1n) is 11.9. The molecule has 0 radical (unpaired) electrons. The number of para-hydroxylation sites is 1. The SMILES string of the molecule is CC(C)c1ccc2c([n+]1N)N(C(C)C)c1ccccc1C21c2ccccc2-c2ccccc21. The van der Waals surface area contributed by atoms with Gasteiger partial charge in [0.05, 0.1) is 17.0 Å². The summed E-state index contributed by atoms with van der Waals surface area (Å²) in [5, 5.41) is 0. The number of hydrogen-bond donors (Lipinski definition) is 1. The molecule has 1 aliphatic heterocycles. The molecule has 4 aromatic rings. The van der Waals surface area contributed by atoms with Crippen LogP contribution in [-0.4, -0.2) is 6.04 Å². The molecule has 1 aromatic heterocycles. The Hall–Kier alpha value is -3.59. The molecule has 0 atom stereocenters. The smallest absolute Gasteiger partial charge is 0.268 e. The number of pyridine rings is 1. The lowest BCUT2D eigenvalue weighted by Gasteiger charge is -2.42. The van der Waals surface area contributed by atoms with Crippen LogP contribution < -0.4 is 15.4 Å². The molecular weight excluding hydrogens is 402 g/mol. The van der Waals surface area contributed by atoms with Crippen LogP contribution >= 0.6 is 0 Å². The maximum absolute atomic E-state index is 6.96. The van der Waals surface area contributed by atoms with Gasteiger partial charge in [-0.2, -0.15) is 0 Å². The first kappa shape index (κ1) is 20.0. The van der Waals surface area contributed by atoms with Gasteiger partial charge in [-0.05, 0) is 54.3 Å². The third-order valence-corrected chi connectivity index (χ3v) is 7.43. The minimum atomic E-state index is -0.402. The van der Waals surface area contributed by atoms with Crippen LogP contribution in [0.4, 0.5) is 11.5 Å². The second-order valence-electron chi connectivity index (χ2n) is 9.84. The zero-order valence-electron chi connectivity index (χ0n) is 19.7. The molecule has 2 heterocycles. The summed E-state index contributed by atoms with van der Waals surface area (Å²) in [5.41, 5.74) is 9.81. The summed E-state index contributed by atoms with van der Waals surface area (Å²) < 4.78 is 1.95. The fourth-order valence-electron chi connectivity index (χ4n) is 6.18. The number of aromatic nitrogens is 1. The van der Waals surface area contributed by atoms with Gasteiger partial charge in [-0.3, -0.25) is 5.84 Å². The van der Waals surface area contributed by atoms with Gasteiger partial charge in [-0.15, -0.1) is 4.68 Å². The van der Waals surface area contributed by atoms with Crippen LogP contribution in [0.5, 0.6) is 0 Å². The van der Waals surface area contributed by atoms with Crippen molar-refractivity contribution in [1.82, 2.24) is 0 Å². The molecule has 1 aliphatic carbocycles. The molecule has 0 fully saturated rings. The Kier molecular flexibility index (Phi) is 4.22. The van der Waals surface area contributed by atoms with E-state index < -0.39 is 5.41 Å². The van der Waals surface area contributed by atoms with E-state index in [1.807, 2.05) is 4.68 Å². The van der Waals surface area contributed by atoms with Crippen LogP contribution in [0.15, 0.2) is 84.9 Å². The monoisotopic (exact) mass is 432 g/mol. The fraction of sp³-hybridized carbons (Fsp3) is 0.233. The lowest BCUT2D eigenvalue weighted by atomic mass is 9.65. The van der Waals surface area contributed by atoms with E-state index in [1.165, 1.54) is 39.1 Å². The topological polar surface area (TPSA) is 33.1 Å². The lowest BCUT2D eigenvalue weighted by Crippen LogP contribution is -2.57. The zero-order valence-corrected chi connectivity index (χ0v) is 19.7. The molecule has 164 valence electrons. The van der Waals surface area contributed by atoms with Crippen molar-refractivity contribution >= 4 is 11.5 Å². The molecule has 0 saturated carbocycles. The third-order valence-electron chi connectivity index (χ3n) is 7.43. The Bertz CT molecular complexity index is 1350. The number of nitrogen functional groups attached to an aromatic ring is 1. The molecule has 0 saturated heterocycles. The summed E-state index contributed by atoms with van der Waals surface area (Å²) in [6, 6.07) is 31.5. The molecule has 1 spiro atoms. The van der Waals surface area contributed by atoms with E-state index in [4.69, 9.17) is 5.84 Å². The number of nitrogens with two attached hydrogens (primary N) is 1. The molecule has 33 heavy (non-hydrogen) atoms. The molecule has 0 bridgehead atoms. The minimum Gasteiger partial charge on any atom is -0.268 e. The largest absolute Gasteiger partial charge is 0.310 e. The van der Waals surface area contributed by atoms with Gasteiger partial charge < -0.3 is 0 Å². The van der Waals surface area contributed by atoms with Gasteiger partial charge in [0, 0.05) is 11.5 Å². The van der Waals surface area contributed by atoms with Crippen LogP contribution in [0.2, 0.25) is 0 Å². The molecule has 0 amide bonds. The van der Waals surface area contributed by atoms with Gasteiger partial charge in [0.1, 0.15) is 11.4 Å². The van der Waals surface area contributed by atoms with E-state index in [0.29, 0.717) is 5.92 Å². The molecule has 2 N–H and O–H groups in total. The first-order valence-corrected chi connectivity index (χ1v) is 11.9. The molecule has 6 rings (SSSR count). The Morgan fingerprint density at radius 2 is 1.21 bits per heavy atom. The van der Waals surface area contributed by atoms with Crippen LogP contribution in [-0.2, 0) is 5.41 Å². The highest BCUT2D eigenvalue weighted by Gasteiger charge is 2.55. The summed E-state index contributed by atoms with van der Waals surface area (Å²) in [6.45, 7) is 8.91. The summed E-state index contributed by atoms with van der Waals surface area (Å²) in [5.74, 6) is 8.37. The number of benzene rings is 3. The number of rotatable bonds is 2. The van der Waals surface area contributed by atoms with Gasteiger partial charge in [0.15, 0.2) is 0 Å². The van der Waals surface area contributed by atoms with Crippen molar-refractivity contribution in [3.63, 3.8) is 0 Å². The number of hydrogen-bond acceptors (Lipinski definition) is 2. The minimum absolute atomic E-state index is 0.256. The van der Waals surface area contributed by atoms with E-state index in [1.54, 1.807) is 0 Å². The highest BCUT2D eigenvalue weighted by molar-refractivity contribution is 5.91. The van der Waals surface area contributed by atoms with E-state index in [-0.39, 0.29) is 6.04 Å². The van der Waals surface area contributed by atoms with Gasteiger partial charge in [0.2, 0.25) is 0 Å². The van der Waals surface area contributed by atoms with Crippen molar-refractivity contribution in [3.8, 4) is 11.1 Å². The summed E-state index contributed by atoms with van der Waals surface area (Å²) in [6.07, 6.45) is 0. The molecule has 3 heteroatoms. The van der Waals surface area contributed by atoms with Gasteiger partial charge in [0.25, 0.3) is 0 Å². The molecule has 0 unspecified atom stereocenters. The van der Waals surface area contributed by atoms with Crippen LogP contribution in [0.25, 0.3) is 11.1 Å². The Morgan fingerprint density at radius 1 is 0.667 bits per heavy atom. The van der Waals surface area contributed by atoms with Gasteiger partial charge >= 0.3 is 5.82 Å². The standard InChI is InChI=1S/C30H30N3/c1-19(2)27-18-17-26-29(33(27)31)32(20(3)4)28-16-10-9-15-25(28)30(26)23-13-7-5-11-21(23)22-12-6-8-14-24(22)30/h5-20H,31H2,1-4H3/q+1. The normalized spacial score (nSPS) is 14.9. The van der Waals surface area contributed by atoms with Crippen LogP contribution in [0.1, 0.15) is 61.6 Å². The Balaban J connectivity index is 1.85. The molecule has 2 aliphatic rings. The predicted octanol–water partition coefficient (Wildman–Crippen LogP) is 6.03. The summed E-state index contributed by atoms with van der Waals surface area (Å²) in [4.78, 5) is 2.42. The maximum atomic E-state index is 6.96. The summed E-state index contributed by atoms with van der Waals surface area (Å²) >= 11 is 0. The average molecular weight is 433 g/mol. The number of anilines is 2. The molecule has 3 nitrogen and oxygen atoms in total. The van der Waals surface area contributed by atoms with E-state index in [2.05, 4.69) is 118 Å². The Morgan fingerprint density at radius 3 is 1.79 bits per heavy atom. The van der Waals surface area contributed by atoms with Gasteiger partial charge in [-0.25, -0.2) is 4.90 Å². The van der Waals surface area contributed by atoms with E-state index >= 15 is 0 Å². The van der Waals surface area contributed by atoms with Crippen molar-refractivity contribution in [2.75, 3.05) is 10.7 Å². The van der Waals surface area contributed by atoms with Gasteiger partial charge in [-0.1, -0.05) is 80.6 Å². The second-order valence-corrected chi connectivity index (χ2v) is 9.84. The number of fused-ring (bicyclic) bond motifs is 9. The first-order chi connectivity index (χ1) is 16.0. The lowest BCUT2D eigenvalue weighted by molar-refractivity contribution is -0.635. The van der Waals surface area contributed by atoms with E-state index in [0.717, 1.165) is 11.5 Å². The number of nitrogens with zero attached hydrogens (tertiary/aromatic N) is 2. The third kappa shape index (κ3) is 2.42.